The quantitative estimate of drug-likeness (QED) is 0.804. The zero-order valence-electron chi connectivity index (χ0n) is 8.06. The Hall–Kier alpha value is -1.29. The normalized spacial score (nSPS) is 14.7. The van der Waals surface area contributed by atoms with Crippen molar-refractivity contribution in [3.05, 3.63) is 34.6 Å². The molecule has 1 aliphatic heterocycles. The van der Waals surface area contributed by atoms with Gasteiger partial charge in [-0.25, -0.2) is 4.39 Å². The first kappa shape index (κ1) is 10.2. The number of benzene rings is 1. The van der Waals surface area contributed by atoms with Crippen molar-refractivity contribution >= 4 is 17.6 Å². The molecular weight excluding hydrogens is 217 g/mol. The van der Waals surface area contributed by atoms with Gasteiger partial charge in [0, 0.05) is 13.1 Å². The first-order valence-electron chi connectivity index (χ1n) is 4.72. The topological polar surface area (TPSA) is 36.4 Å². The van der Waals surface area contributed by atoms with Crippen LogP contribution in [0.5, 0.6) is 0 Å². The SMILES string of the molecule is Fc1cccc(CNC2=NCCN2)c1Cl. The van der Waals surface area contributed by atoms with Gasteiger partial charge in [0.2, 0.25) is 0 Å². The molecule has 2 N–H and O–H groups in total. The van der Waals surface area contributed by atoms with Crippen LogP contribution in [-0.2, 0) is 6.54 Å². The Morgan fingerprint density at radius 1 is 1.53 bits per heavy atom. The Labute approximate surface area is 92.3 Å². The maximum atomic E-state index is 13.1. The van der Waals surface area contributed by atoms with Gasteiger partial charge in [-0.15, -0.1) is 0 Å². The van der Waals surface area contributed by atoms with E-state index in [4.69, 9.17) is 11.6 Å². The highest BCUT2D eigenvalue weighted by Gasteiger charge is 2.07. The summed E-state index contributed by atoms with van der Waals surface area (Å²) in [7, 11) is 0. The number of rotatable bonds is 2. The van der Waals surface area contributed by atoms with E-state index in [-0.39, 0.29) is 5.02 Å². The predicted octanol–water partition coefficient (Wildman–Crippen LogP) is 1.53. The minimum Gasteiger partial charge on any atom is -0.355 e. The van der Waals surface area contributed by atoms with Crippen molar-refractivity contribution in [2.75, 3.05) is 13.1 Å². The first-order valence-corrected chi connectivity index (χ1v) is 5.10. The maximum Gasteiger partial charge on any atom is 0.191 e. The van der Waals surface area contributed by atoms with Gasteiger partial charge in [-0.2, -0.15) is 0 Å². The summed E-state index contributed by atoms with van der Waals surface area (Å²) in [5.74, 6) is 0.354. The second-order valence-electron chi connectivity index (χ2n) is 3.22. The Morgan fingerprint density at radius 3 is 3.13 bits per heavy atom. The van der Waals surface area contributed by atoms with Crippen LogP contribution < -0.4 is 10.6 Å². The molecule has 0 saturated carbocycles. The van der Waals surface area contributed by atoms with Gasteiger partial charge in [0.15, 0.2) is 5.96 Å². The molecule has 0 fully saturated rings. The molecule has 3 nitrogen and oxygen atoms in total. The molecule has 0 aliphatic carbocycles. The molecule has 15 heavy (non-hydrogen) atoms. The number of halogens is 2. The van der Waals surface area contributed by atoms with Crippen LogP contribution in [-0.4, -0.2) is 19.0 Å². The van der Waals surface area contributed by atoms with E-state index >= 15 is 0 Å². The lowest BCUT2D eigenvalue weighted by Gasteiger charge is -2.08. The number of nitrogens with one attached hydrogen (secondary N) is 2. The maximum absolute atomic E-state index is 13.1. The van der Waals surface area contributed by atoms with E-state index in [1.54, 1.807) is 12.1 Å². The highest BCUT2D eigenvalue weighted by atomic mass is 35.5. The third-order valence-corrected chi connectivity index (χ3v) is 2.58. The Bertz CT molecular complexity index is 392. The van der Waals surface area contributed by atoms with Crippen molar-refractivity contribution in [1.29, 1.82) is 0 Å². The number of guanidine groups is 1. The molecule has 2 rings (SSSR count). The summed E-state index contributed by atoms with van der Waals surface area (Å²) in [4.78, 5) is 4.16. The Kier molecular flexibility index (Phi) is 3.06. The van der Waals surface area contributed by atoms with Crippen LogP contribution in [0.1, 0.15) is 5.56 Å². The fourth-order valence-electron chi connectivity index (χ4n) is 1.38. The molecule has 1 aromatic carbocycles. The Balaban J connectivity index is 2.01. The second-order valence-corrected chi connectivity index (χ2v) is 3.60. The van der Waals surface area contributed by atoms with Gasteiger partial charge in [0.1, 0.15) is 5.82 Å². The van der Waals surface area contributed by atoms with Crippen LogP contribution in [0.4, 0.5) is 4.39 Å². The highest BCUT2D eigenvalue weighted by molar-refractivity contribution is 6.31. The molecule has 0 amide bonds. The fourth-order valence-corrected chi connectivity index (χ4v) is 1.57. The summed E-state index contributed by atoms with van der Waals surface area (Å²) < 4.78 is 13.1. The van der Waals surface area contributed by atoms with E-state index in [1.165, 1.54) is 6.07 Å². The highest BCUT2D eigenvalue weighted by Crippen LogP contribution is 2.19. The van der Waals surface area contributed by atoms with Crippen molar-refractivity contribution in [3.63, 3.8) is 0 Å². The van der Waals surface area contributed by atoms with Gasteiger partial charge < -0.3 is 10.6 Å². The molecule has 1 aromatic rings. The molecule has 1 aliphatic rings. The third kappa shape index (κ3) is 2.39. The molecule has 0 spiro atoms. The monoisotopic (exact) mass is 227 g/mol. The van der Waals surface area contributed by atoms with Gasteiger partial charge in [-0.05, 0) is 11.6 Å². The summed E-state index contributed by atoms with van der Waals surface area (Å²) >= 11 is 5.80. The van der Waals surface area contributed by atoms with Crippen LogP contribution in [0, 0.1) is 5.82 Å². The second kappa shape index (κ2) is 4.49. The van der Waals surface area contributed by atoms with E-state index in [1.807, 2.05) is 0 Å². The zero-order chi connectivity index (χ0) is 10.7. The molecule has 0 saturated heterocycles. The van der Waals surface area contributed by atoms with E-state index in [0.717, 1.165) is 24.6 Å². The summed E-state index contributed by atoms with van der Waals surface area (Å²) in [6, 6.07) is 4.77. The molecule has 0 atom stereocenters. The summed E-state index contributed by atoms with van der Waals surface area (Å²) in [5, 5.41) is 6.29. The average Bonchev–Trinajstić information content (AvgIpc) is 2.73. The molecule has 0 aromatic heterocycles. The van der Waals surface area contributed by atoms with E-state index in [9.17, 15) is 4.39 Å². The van der Waals surface area contributed by atoms with Crippen LogP contribution in [0.3, 0.4) is 0 Å². The van der Waals surface area contributed by atoms with E-state index < -0.39 is 5.82 Å². The molecule has 1 heterocycles. The van der Waals surface area contributed by atoms with Gasteiger partial charge in [0.05, 0.1) is 11.6 Å². The van der Waals surface area contributed by atoms with Gasteiger partial charge in [0.25, 0.3) is 0 Å². The van der Waals surface area contributed by atoms with Crippen molar-refractivity contribution in [2.45, 2.75) is 6.54 Å². The lowest BCUT2D eigenvalue weighted by atomic mass is 10.2. The van der Waals surface area contributed by atoms with Crippen molar-refractivity contribution in [3.8, 4) is 0 Å². The number of hydrogen-bond acceptors (Lipinski definition) is 3. The standard InChI is InChI=1S/C10H11ClFN3/c11-9-7(2-1-3-8(9)12)6-15-10-13-4-5-14-10/h1-3H,4-6H2,(H2,13,14,15). The predicted molar refractivity (Wildman–Crippen MR) is 58.6 cm³/mol. The number of hydrogen-bond donors (Lipinski definition) is 2. The number of aliphatic imine (C=N–C) groups is 1. The van der Waals surface area contributed by atoms with Gasteiger partial charge in [-0.3, -0.25) is 4.99 Å². The minimum absolute atomic E-state index is 0.170. The molecular formula is C10H11ClFN3. The minimum atomic E-state index is -0.391. The smallest absolute Gasteiger partial charge is 0.191 e. The van der Waals surface area contributed by atoms with Crippen molar-refractivity contribution in [1.82, 2.24) is 10.6 Å². The first-order chi connectivity index (χ1) is 7.27. The largest absolute Gasteiger partial charge is 0.355 e. The van der Waals surface area contributed by atoms with Crippen LogP contribution in [0.2, 0.25) is 5.02 Å². The van der Waals surface area contributed by atoms with Crippen LogP contribution in [0.25, 0.3) is 0 Å². The van der Waals surface area contributed by atoms with Crippen LogP contribution in [0.15, 0.2) is 23.2 Å². The molecule has 80 valence electrons. The van der Waals surface area contributed by atoms with E-state index in [2.05, 4.69) is 15.6 Å². The molecule has 0 unspecified atom stereocenters. The van der Waals surface area contributed by atoms with Crippen molar-refractivity contribution < 1.29 is 4.39 Å². The molecule has 0 radical (unpaired) electrons. The summed E-state index contributed by atoms with van der Waals surface area (Å²) in [6.45, 7) is 2.10. The molecule has 0 bridgehead atoms. The summed E-state index contributed by atoms with van der Waals surface area (Å²) in [5.41, 5.74) is 0.730. The van der Waals surface area contributed by atoms with Crippen LogP contribution >= 0.6 is 11.6 Å². The average molecular weight is 228 g/mol. The fraction of sp³-hybridized carbons (Fsp3) is 0.300. The van der Waals surface area contributed by atoms with E-state index in [0.29, 0.717) is 6.54 Å². The van der Waals surface area contributed by atoms with Crippen molar-refractivity contribution in [2.24, 2.45) is 4.99 Å². The lowest BCUT2D eigenvalue weighted by Crippen LogP contribution is -2.33. The summed E-state index contributed by atoms with van der Waals surface area (Å²) in [6.07, 6.45) is 0. The van der Waals surface area contributed by atoms with Gasteiger partial charge in [-0.1, -0.05) is 23.7 Å². The third-order valence-electron chi connectivity index (χ3n) is 2.15. The van der Waals surface area contributed by atoms with Gasteiger partial charge >= 0.3 is 0 Å². The lowest BCUT2D eigenvalue weighted by molar-refractivity contribution is 0.625. The Morgan fingerprint density at radius 2 is 2.40 bits per heavy atom. The molecule has 5 heteroatoms. The number of nitrogens with zero attached hydrogens (tertiary/aromatic N) is 1. The zero-order valence-corrected chi connectivity index (χ0v) is 8.81.